The topological polar surface area (TPSA) is 0 Å². The number of hydrogen-bond donors (Lipinski definition) is 0. The van der Waals surface area contributed by atoms with E-state index in [1.165, 1.54) is 5.56 Å². The minimum absolute atomic E-state index is 0.835. The van der Waals surface area contributed by atoms with Gasteiger partial charge in [0, 0.05) is 10.2 Å². The van der Waals surface area contributed by atoms with Crippen LogP contribution >= 0.6 is 39.3 Å². The van der Waals surface area contributed by atoms with Gasteiger partial charge in [-0.05, 0) is 33.8 Å². The van der Waals surface area contributed by atoms with E-state index < -0.39 is 0 Å². The molecule has 60 valence electrons. The first-order valence-electron chi connectivity index (χ1n) is 3.17. The van der Waals surface area contributed by atoms with E-state index in [9.17, 15) is 0 Å². The van der Waals surface area contributed by atoms with Gasteiger partial charge in [0.1, 0.15) is 0 Å². The lowest BCUT2D eigenvalue weighted by Crippen LogP contribution is -1.81. The lowest BCUT2D eigenvalue weighted by Gasteiger charge is -2.02. The van der Waals surface area contributed by atoms with Crippen molar-refractivity contribution < 1.29 is 0 Å². The molecule has 11 heavy (non-hydrogen) atoms. The summed E-state index contributed by atoms with van der Waals surface area (Å²) in [4.78, 5) is 0. The molecule has 0 saturated heterocycles. The third-order valence-corrected chi connectivity index (χ3v) is 3.27. The second kappa shape index (κ2) is 4.39. The quantitative estimate of drug-likeness (QED) is 0.766. The van der Waals surface area contributed by atoms with Crippen molar-refractivity contribution in [3.8, 4) is 0 Å². The molecule has 1 aromatic rings. The van der Waals surface area contributed by atoms with Crippen LogP contribution in [0.15, 0.2) is 22.7 Å². The zero-order valence-electron chi connectivity index (χ0n) is 6.10. The molecule has 0 spiro atoms. The van der Waals surface area contributed by atoms with E-state index in [0.717, 1.165) is 15.2 Å². The Morgan fingerprint density at radius 1 is 1.55 bits per heavy atom. The van der Waals surface area contributed by atoms with E-state index in [1.54, 1.807) is 11.8 Å². The minimum Gasteiger partial charge on any atom is -0.161 e. The van der Waals surface area contributed by atoms with E-state index >= 15 is 0 Å². The number of hydrogen-bond acceptors (Lipinski definition) is 1. The Morgan fingerprint density at radius 2 is 2.27 bits per heavy atom. The second-order valence-corrected chi connectivity index (χ2v) is 4.24. The smallest absolute Gasteiger partial charge is 0.0588 e. The molecule has 0 nitrogen and oxygen atoms in total. The molecular weight excluding hydrogens is 244 g/mol. The SMILES string of the molecule is CSCc1cccc(Br)c1Cl. The van der Waals surface area contributed by atoms with E-state index in [2.05, 4.69) is 22.2 Å². The fourth-order valence-corrected chi connectivity index (χ4v) is 2.05. The number of rotatable bonds is 2. The maximum atomic E-state index is 6.01. The summed E-state index contributed by atoms with van der Waals surface area (Å²) in [5.74, 6) is 0.971. The third-order valence-electron chi connectivity index (χ3n) is 1.33. The summed E-state index contributed by atoms with van der Waals surface area (Å²) in [6, 6.07) is 6.00. The highest BCUT2D eigenvalue weighted by Gasteiger charge is 2.01. The number of benzene rings is 1. The standard InChI is InChI=1S/C8H8BrClS/c1-11-5-6-3-2-4-7(9)8(6)10/h2-4H,5H2,1H3. The summed E-state index contributed by atoms with van der Waals surface area (Å²) >= 11 is 11.2. The van der Waals surface area contributed by atoms with Crippen molar-refractivity contribution in [3.63, 3.8) is 0 Å². The average Bonchev–Trinajstić information content (AvgIpc) is 1.99. The zero-order chi connectivity index (χ0) is 8.27. The van der Waals surface area contributed by atoms with Crippen molar-refractivity contribution in [3.05, 3.63) is 33.3 Å². The highest BCUT2D eigenvalue weighted by Crippen LogP contribution is 2.27. The van der Waals surface area contributed by atoms with Crippen LogP contribution in [0.4, 0.5) is 0 Å². The van der Waals surface area contributed by atoms with Gasteiger partial charge in [0.05, 0.1) is 5.02 Å². The summed E-state index contributed by atoms with van der Waals surface area (Å²) in [6.45, 7) is 0. The zero-order valence-corrected chi connectivity index (χ0v) is 9.26. The fraction of sp³-hybridized carbons (Fsp3) is 0.250. The molecule has 1 rings (SSSR count). The highest BCUT2D eigenvalue weighted by molar-refractivity contribution is 9.10. The predicted octanol–water partition coefficient (Wildman–Crippen LogP) is 3.97. The Bertz CT molecular complexity index is 250. The molecule has 1 aromatic carbocycles. The Balaban J connectivity index is 2.96. The van der Waals surface area contributed by atoms with Gasteiger partial charge in [0.25, 0.3) is 0 Å². The Hall–Kier alpha value is 0.340. The molecular formula is C8H8BrClS. The van der Waals surface area contributed by atoms with Gasteiger partial charge in [-0.3, -0.25) is 0 Å². The van der Waals surface area contributed by atoms with Crippen molar-refractivity contribution in [2.45, 2.75) is 5.75 Å². The molecule has 0 aromatic heterocycles. The third kappa shape index (κ3) is 2.39. The average molecular weight is 252 g/mol. The van der Waals surface area contributed by atoms with E-state index in [0.29, 0.717) is 0 Å². The first kappa shape index (κ1) is 9.43. The van der Waals surface area contributed by atoms with E-state index in [1.807, 2.05) is 18.2 Å². The van der Waals surface area contributed by atoms with E-state index in [-0.39, 0.29) is 0 Å². The molecule has 0 aliphatic heterocycles. The van der Waals surface area contributed by atoms with Crippen LogP contribution in [0, 0.1) is 0 Å². The molecule has 0 unspecified atom stereocenters. The van der Waals surface area contributed by atoms with Crippen molar-refractivity contribution in [2.75, 3.05) is 6.26 Å². The van der Waals surface area contributed by atoms with Gasteiger partial charge in [0.2, 0.25) is 0 Å². The molecule has 0 aliphatic rings. The Morgan fingerprint density at radius 3 is 2.91 bits per heavy atom. The second-order valence-electron chi connectivity index (χ2n) is 2.15. The maximum absolute atomic E-state index is 6.01. The molecule has 0 amide bonds. The lowest BCUT2D eigenvalue weighted by atomic mass is 10.2. The summed E-state index contributed by atoms with van der Waals surface area (Å²) in [6.07, 6.45) is 2.07. The molecule has 0 bridgehead atoms. The van der Waals surface area contributed by atoms with Gasteiger partial charge in [-0.1, -0.05) is 23.7 Å². The molecule has 0 radical (unpaired) electrons. The van der Waals surface area contributed by atoms with Gasteiger partial charge in [-0.25, -0.2) is 0 Å². The van der Waals surface area contributed by atoms with Crippen LogP contribution < -0.4 is 0 Å². The van der Waals surface area contributed by atoms with Crippen LogP contribution in [0.25, 0.3) is 0 Å². The minimum atomic E-state index is 0.835. The number of thioether (sulfide) groups is 1. The first-order valence-corrected chi connectivity index (χ1v) is 5.74. The summed E-state index contributed by atoms with van der Waals surface area (Å²) in [5, 5.41) is 0.835. The Labute approximate surface area is 84.5 Å². The summed E-state index contributed by atoms with van der Waals surface area (Å²) in [5.41, 5.74) is 1.19. The fourth-order valence-electron chi connectivity index (χ4n) is 0.815. The highest BCUT2D eigenvalue weighted by atomic mass is 79.9. The molecule has 0 aliphatic carbocycles. The molecule has 3 heteroatoms. The summed E-state index contributed by atoms with van der Waals surface area (Å²) < 4.78 is 0.978. The Kier molecular flexibility index (Phi) is 3.76. The van der Waals surface area contributed by atoms with E-state index in [4.69, 9.17) is 11.6 Å². The molecule has 0 fully saturated rings. The van der Waals surface area contributed by atoms with Crippen molar-refractivity contribution >= 4 is 39.3 Å². The van der Waals surface area contributed by atoms with Crippen LogP contribution in [-0.4, -0.2) is 6.26 Å². The molecule has 0 saturated carbocycles. The summed E-state index contributed by atoms with van der Waals surface area (Å²) in [7, 11) is 0. The first-order chi connectivity index (χ1) is 5.25. The van der Waals surface area contributed by atoms with Crippen LogP contribution in [0.3, 0.4) is 0 Å². The van der Waals surface area contributed by atoms with Gasteiger partial charge in [0.15, 0.2) is 0 Å². The van der Waals surface area contributed by atoms with Crippen LogP contribution in [0.1, 0.15) is 5.56 Å². The van der Waals surface area contributed by atoms with Gasteiger partial charge < -0.3 is 0 Å². The monoisotopic (exact) mass is 250 g/mol. The van der Waals surface area contributed by atoms with Crippen LogP contribution in [0.5, 0.6) is 0 Å². The maximum Gasteiger partial charge on any atom is 0.0588 e. The van der Waals surface area contributed by atoms with Crippen LogP contribution in [-0.2, 0) is 5.75 Å². The van der Waals surface area contributed by atoms with Gasteiger partial charge in [-0.2, -0.15) is 11.8 Å². The largest absolute Gasteiger partial charge is 0.161 e. The predicted molar refractivity (Wildman–Crippen MR) is 56.4 cm³/mol. The normalized spacial score (nSPS) is 10.1. The molecule has 0 N–H and O–H groups in total. The molecule has 0 atom stereocenters. The van der Waals surface area contributed by atoms with Crippen LogP contribution in [0.2, 0.25) is 5.02 Å². The van der Waals surface area contributed by atoms with Crippen molar-refractivity contribution in [1.82, 2.24) is 0 Å². The van der Waals surface area contributed by atoms with Crippen molar-refractivity contribution in [1.29, 1.82) is 0 Å². The molecule has 0 heterocycles. The van der Waals surface area contributed by atoms with Crippen molar-refractivity contribution in [2.24, 2.45) is 0 Å². The lowest BCUT2D eigenvalue weighted by molar-refractivity contribution is 1.40. The number of halogens is 2. The van der Waals surface area contributed by atoms with Gasteiger partial charge in [-0.15, -0.1) is 0 Å². The van der Waals surface area contributed by atoms with Gasteiger partial charge >= 0.3 is 0 Å².